The molecule has 1 aromatic carbocycles. The third-order valence-electron chi connectivity index (χ3n) is 3.75. The normalized spacial score (nSPS) is 16.8. The van der Waals surface area contributed by atoms with Crippen LogP contribution in [0.15, 0.2) is 18.2 Å². The summed E-state index contributed by atoms with van der Waals surface area (Å²) in [6.45, 7) is 3.73. The van der Waals surface area contributed by atoms with Gasteiger partial charge in [0, 0.05) is 23.1 Å². The number of aryl methyl sites for hydroxylation is 2. The number of hydrogen-bond donors (Lipinski definition) is 1. The van der Waals surface area contributed by atoms with Crippen LogP contribution >= 0.6 is 21.6 Å². The van der Waals surface area contributed by atoms with Gasteiger partial charge in [-0.15, -0.1) is 0 Å². The molecule has 1 N–H and O–H groups in total. The number of unbranched alkanes of at least 4 members (excludes halogenated alkanes) is 1. The monoisotopic (exact) mass is 367 g/mol. The number of ether oxygens (including phenoxy) is 1. The molecule has 1 saturated heterocycles. The van der Waals surface area contributed by atoms with E-state index in [0.717, 1.165) is 41.3 Å². The van der Waals surface area contributed by atoms with Crippen molar-refractivity contribution in [3.8, 4) is 0 Å². The summed E-state index contributed by atoms with van der Waals surface area (Å²) in [5.41, 5.74) is 2.91. The highest BCUT2D eigenvalue weighted by molar-refractivity contribution is 8.77. The van der Waals surface area contributed by atoms with Gasteiger partial charge in [0.15, 0.2) is 6.61 Å². The minimum atomic E-state index is -0.298. The molecule has 132 valence electrons. The van der Waals surface area contributed by atoms with Gasteiger partial charge in [-0.05, 0) is 56.4 Å². The molecule has 4 nitrogen and oxygen atoms in total. The number of carbonyl (C=O) groups excluding carboxylic acids is 2. The Morgan fingerprint density at radius 3 is 2.62 bits per heavy atom. The first kappa shape index (κ1) is 19.2. The van der Waals surface area contributed by atoms with Crippen molar-refractivity contribution in [1.29, 1.82) is 0 Å². The van der Waals surface area contributed by atoms with E-state index in [0.29, 0.717) is 6.42 Å². The van der Waals surface area contributed by atoms with Gasteiger partial charge in [-0.25, -0.2) is 0 Å². The summed E-state index contributed by atoms with van der Waals surface area (Å²) in [5, 5.41) is 3.51. The summed E-state index contributed by atoms with van der Waals surface area (Å²) < 4.78 is 5.05. The average molecular weight is 368 g/mol. The molecule has 0 aromatic heterocycles. The lowest BCUT2D eigenvalue weighted by Crippen LogP contribution is -2.20. The van der Waals surface area contributed by atoms with E-state index in [9.17, 15) is 9.59 Å². The fourth-order valence-electron chi connectivity index (χ4n) is 2.67. The summed E-state index contributed by atoms with van der Waals surface area (Å²) in [6, 6.07) is 5.83. The molecule has 2 rings (SSSR count). The first-order valence-electron chi connectivity index (χ1n) is 8.35. The number of rotatable bonds is 8. The average Bonchev–Trinajstić information content (AvgIpc) is 3.02. The molecular formula is C18H25NO3S2. The zero-order valence-electron chi connectivity index (χ0n) is 14.3. The van der Waals surface area contributed by atoms with E-state index in [1.165, 1.54) is 12.2 Å². The zero-order valence-corrected chi connectivity index (χ0v) is 15.9. The van der Waals surface area contributed by atoms with Gasteiger partial charge in [-0.3, -0.25) is 9.59 Å². The molecular weight excluding hydrogens is 342 g/mol. The summed E-state index contributed by atoms with van der Waals surface area (Å²) >= 11 is 0. The molecule has 24 heavy (non-hydrogen) atoms. The number of amides is 1. The Hall–Kier alpha value is -1.14. The van der Waals surface area contributed by atoms with Crippen LogP contribution in [0.5, 0.6) is 0 Å². The van der Waals surface area contributed by atoms with E-state index in [4.69, 9.17) is 4.74 Å². The van der Waals surface area contributed by atoms with Crippen molar-refractivity contribution in [3.05, 3.63) is 29.3 Å². The molecule has 0 saturated carbocycles. The summed E-state index contributed by atoms with van der Waals surface area (Å²) in [6.07, 6.45) is 4.71. The van der Waals surface area contributed by atoms with Crippen LogP contribution in [0.25, 0.3) is 0 Å². The number of nitrogens with one attached hydrogen (secondary N) is 1. The van der Waals surface area contributed by atoms with Crippen LogP contribution in [0.3, 0.4) is 0 Å². The van der Waals surface area contributed by atoms with Gasteiger partial charge in [0.1, 0.15) is 0 Å². The Bertz CT molecular complexity index is 551. The van der Waals surface area contributed by atoms with Crippen LogP contribution < -0.4 is 5.32 Å². The maximum Gasteiger partial charge on any atom is 0.306 e. The van der Waals surface area contributed by atoms with Crippen LogP contribution in [0.1, 0.15) is 43.2 Å². The number of esters is 1. The predicted octanol–water partition coefficient (Wildman–Crippen LogP) is 4.50. The van der Waals surface area contributed by atoms with Crippen molar-refractivity contribution in [2.45, 2.75) is 51.2 Å². The Kier molecular flexibility index (Phi) is 7.99. The minimum Gasteiger partial charge on any atom is -0.456 e. The third kappa shape index (κ3) is 7.18. The zero-order chi connectivity index (χ0) is 17.4. The van der Waals surface area contributed by atoms with E-state index in [2.05, 4.69) is 5.32 Å². The number of carbonyl (C=O) groups is 2. The van der Waals surface area contributed by atoms with E-state index in [1.54, 1.807) is 0 Å². The number of hydrogen-bond acceptors (Lipinski definition) is 5. The molecule has 1 amide bonds. The molecule has 1 aliphatic rings. The number of anilines is 1. The lowest BCUT2D eigenvalue weighted by Gasteiger charge is -2.09. The molecule has 0 spiro atoms. The molecule has 6 heteroatoms. The fraction of sp³-hybridized carbons (Fsp3) is 0.556. The van der Waals surface area contributed by atoms with Crippen molar-refractivity contribution in [1.82, 2.24) is 0 Å². The maximum absolute atomic E-state index is 11.9. The van der Waals surface area contributed by atoms with Gasteiger partial charge < -0.3 is 10.1 Å². The van der Waals surface area contributed by atoms with Gasteiger partial charge in [0.2, 0.25) is 0 Å². The molecule has 1 fully saturated rings. The maximum atomic E-state index is 11.9. The molecule has 1 aromatic rings. The Balaban J connectivity index is 1.59. The highest BCUT2D eigenvalue weighted by Crippen LogP contribution is 2.39. The van der Waals surface area contributed by atoms with Gasteiger partial charge in [0.25, 0.3) is 5.91 Å². The minimum absolute atomic E-state index is 0.221. The molecule has 0 unspecified atom stereocenters. The van der Waals surface area contributed by atoms with E-state index in [-0.39, 0.29) is 18.5 Å². The number of benzene rings is 1. The van der Waals surface area contributed by atoms with Crippen LogP contribution in [0.4, 0.5) is 5.69 Å². The second-order valence-electron chi connectivity index (χ2n) is 6.16. The van der Waals surface area contributed by atoms with E-state index < -0.39 is 0 Å². The fourth-order valence-corrected chi connectivity index (χ4v) is 5.70. The Morgan fingerprint density at radius 2 is 1.96 bits per heavy atom. The molecule has 0 radical (unpaired) electrons. The first-order valence-corrected chi connectivity index (χ1v) is 10.7. The Labute approximate surface area is 151 Å². The predicted molar refractivity (Wildman–Crippen MR) is 102 cm³/mol. The van der Waals surface area contributed by atoms with Crippen LogP contribution in [0, 0.1) is 13.8 Å². The van der Waals surface area contributed by atoms with Gasteiger partial charge in [-0.2, -0.15) is 0 Å². The summed E-state index contributed by atoms with van der Waals surface area (Å²) in [4.78, 5) is 23.5. The summed E-state index contributed by atoms with van der Waals surface area (Å²) in [5.74, 6) is 0.652. The van der Waals surface area contributed by atoms with Crippen LogP contribution in [-0.2, 0) is 14.3 Å². The third-order valence-corrected chi connectivity index (χ3v) is 6.76. The van der Waals surface area contributed by atoms with Crippen molar-refractivity contribution < 1.29 is 14.3 Å². The SMILES string of the molecule is Cc1cc(C)cc(NC(=O)COC(=O)CCCC[C@@H]2CCSS2)c1. The largest absolute Gasteiger partial charge is 0.456 e. The van der Waals surface area contributed by atoms with Crippen LogP contribution in [-0.4, -0.2) is 29.5 Å². The van der Waals surface area contributed by atoms with Crippen molar-refractivity contribution >= 4 is 39.2 Å². The molecule has 1 heterocycles. The van der Waals surface area contributed by atoms with Crippen molar-refractivity contribution in [2.75, 3.05) is 17.7 Å². The lowest BCUT2D eigenvalue weighted by atomic mass is 10.1. The molecule has 0 aliphatic carbocycles. The molecule has 1 aliphatic heterocycles. The second-order valence-corrected chi connectivity index (χ2v) is 8.95. The van der Waals surface area contributed by atoms with E-state index in [1.807, 2.05) is 53.6 Å². The quantitative estimate of drug-likeness (QED) is 0.416. The topological polar surface area (TPSA) is 55.4 Å². The Morgan fingerprint density at radius 1 is 1.21 bits per heavy atom. The standard InChI is InChI=1S/C18H25NO3S2/c1-13-9-14(2)11-15(10-13)19-17(20)12-22-18(21)6-4-3-5-16-7-8-23-24-16/h9-11,16H,3-8,12H2,1-2H3,(H,19,20)/t16-/m1/s1. The van der Waals surface area contributed by atoms with Gasteiger partial charge in [-0.1, -0.05) is 34.1 Å². The van der Waals surface area contributed by atoms with E-state index >= 15 is 0 Å². The highest BCUT2D eigenvalue weighted by atomic mass is 33.1. The smallest absolute Gasteiger partial charge is 0.306 e. The van der Waals surface area contributed by atoms with Crippen molar-refractivity contribution in [3.63, 3.8) is 0 Å². The summed E-state index contributed by atoms with van der Waals surface area (Å²) in [7, 11) is 3.91. The van der Waals surface area contributed by atoms with Crippen molar-refractivity contribution in [2.24, 2.45) is 0 Å². The molecule has 0 bridgehead atoms. The van der Waals surface area contributed by atoms with Gasteiger partial charge in [0.05, 0.1) is 0 Å². The molecule has 1 atom stereocenters. The lowest BCUT2D eigenvalue weighted by molar-refractivity contribution is -0.147. The van der Waals surface area contributed by atoms with Crippen LogP contribution in [0.2, 0.25) is 0 Å². The first-order chi connectivity index (χ1) is 11.5. The second kappa shape index (κ2) is 9.99. The van der Waals surface area contributed by atoms with Gasteiger partial charge >= 0.3 is 5.97 Å². The highest BCUT2D eigenvalue weighted by Gasteiger charge is 2.16.